The lowest BCUT2D eigenvalue weighted by molar-refractivity contribution is -0.117. The first-order chi connectivity index (χ1) is 9.16. The van der Waals surface area contributed by atoms with E-state index in [4.69, 9.17) is 4.42 Å². The standard InChI is InChI=1S/C14H13BrN2O2/c1-8(11-6-3-7-19-11)16-13-12-9(15)4-2-5-10(12)17-14(13)18/h2-8,13,16H,1H3,(H,17,18). The van der Waals surface area contributed by atoms with E-state index in [9.17, 15) is 4.79 Å². The van der Waals surface area contributed by atoms with Crippen LogP contribution in [0.15, 0.2) is 45.5 Å². The van der Waals surface area contributed by atoms with Gasteiger partial charge in [0.2, 0.25) is 5.91 Å². The molecule has 0 radical (unpaired) electrons. The number of halogens is 1. The summed E-state index contributed by atoms with van der Waals surface area (Å²) in [6.07, 6.45) is 1.63. The van der Waals surface area contributed by atoms with Crippen LogP contribution in [0, 0.1) is 0 Å². The van der Waals surface area contributed by atoms with Gasteiger partial charge < -0.3 is 9.73 Å². The fourth-order valence-electron chi connectivity index (χ4n) is 2.30. The van der Waals surface area contributed by atoms with E-state index in [1.54, 1.807) is 6.26 Å². The lowest BCUT2D eigenvalue weighted by Crippen LogP contribution is -2.29. The fraction of sp³-hybridized carbons (Fsp3) is 0.214. The Morgan fingerprint density at radius 2 is 2.21 bits per heavy atom. The highest BCUT2D eigenvalue weighted by molar-refractivity contribution is 9.10. The molecule has 19 heavy (non-hydrogen) atoms. The lowest BCUT2D eigenvalue weighted by atomic mass is 10.1. The number of rotatable bonds is 3. The first-order valence-corrected chi connectivity index (χ1v) is 6.85. The van der Waals surface area contributed by atoms with Crippen LogP contribution in [0.3, 0.4) is 0 Å². The fourth-order valence-corrected chi connectivity index (χ4v) is 2.90. The van der Waals surface area contributed by atoms with Gasteiger partial charge in [-0.05, 0) is 31.2 Å². The monoisotopic (exact) mass is 320 g/mol. The number of benzene rings is 1. The van der Waals surface area contributed by atoms with Crippen LogP contribution in [0.2, 0.25) is 0 Å². The molecule has 2 atom stereocenters. The Kier molecular flexibility index (Phi) is 3.16. The van der Waals surface area contributed by atoms with Crippen molar-refractivity contribution in [1.29, 1.82) is 0 Å². The summed E-state index contributed by atoms with van der Waals surface area (Å²) in [5.74, 6) is 0.772. The van der Waals surface area contributed by atoms with Crippen LogP contribution in [0.25, 0.3) is 0 Å². The first-order valence-electron chi connectivity index (χ1n) is 6.05. The zero-order valence-electron chi connectivity index (χ0n) is 10.3. The van der Waals surface area contributed by atoms with E-state index in [-0.39, 0.29) is 18.0 Å². The Labute approximate surface area is 119 Å². The number of carbonyl (C=O) groups is 1. The number of furan rings is 1. The molecule has 2 N–H and O–H groups in total. The van der Waals surface area contributed by atoms with Gasteiger partial charge >= 0.3 is 0 Å². The molecule has 3 rings (SSSR count). The normalized spacial score (nSPS) is 19.1. The Bertz CT molecular complexity index is 610. The van der Waals surface area contributed by atoms with Crippen molar-refractivity contribution >= 4 is 27.5 Å². The molecule has 2 aromatic rings. The van der Waals surface area contributed by atoms with Gasteiger partial charge in [0.25, 0.3) is 0 Å². The minimum absolute atomic E-state index is 0.0381. The number of hydrogen-bond acceptors (Lipinski definition) is 3. The van der Waals surface area contributed by atoms with Crippen molar-refractivity contribution in [2.45, 2.75) is 19.0 Å². The van der Waals surface area contributed by atoms with Gasteiger partial charge in [-0.3, -0.25) is 10.1 Å². The highest BCUT2D eigenvalue weighted by Crippen LogP contribution is 2.37. The van der Waals surface area contributed by atoms with Crippen LogP contribution in [0.1, 0.15) is 30.3 Å². The molecular weight excluding hydrogens is 308 g/mol. The van der Waals surface area contributed by atoms with Gasteiger partial charge in [0.05, 0.1) is 12.3 Å². The van der Waals surface area contributed by atoms with Gasteiger partial charge in [-0.2, -0.15) is 0 Å². The van der Waals surface area contributed by atoms with Crippen molar-refractivity contribution < 1.29 is 9.21 Å². The third-order valence-electron chi connectivity index (χ3n) is 3.25. The highest BCUT2D eigenvalue weighted by Gasteiger charge is 2.33. The average molecular weight is 321 g/mol. The third kappa shape index (κ3) is 2.19. The van der Waals surface area contributed by atoms with Crippen molar-refractivity contribution in [2.75, 3.05) is 5.32 Å². The molecule has 1 aliphatic heterocycles. The Morgan fingerprint density at radius 1 is 1.37 bits per heavy atom. The van der Waals surface area contributed by atoms with Crippen LogP contribution in [-0.2, 0) is 4.79 Å². The van der Waals surface area contributed by atoms with Gasteiger partial charge in [-0.25, -0.2) is 0 Å². The summed E-state index contributed by atoms with van der Waals surface area (Å²) in [6, 6.07) is 9.07. The van der Waals surface area contributed by atoms with Gasteiger partial charge in [-0.1, -0.05) is 22.0 Å². The lowest BCUT2D eigenvalue weighted by Gasteiger charge is -2.17. The Hall–Kier alpha value is -1.59. The van der Waals surface area contributed by atoms with Gasteiger partial charge in [0, 0.05) is 15.7 Å². The molecule has 98 valence electrons. The second-order valence-corrected chi connectivity index (χ2v) is 5.38. The topological polar surface area (TPSA) is 54.3 Å². The van der Waals surface area contributed by atoms with E-state index in [1.807, 2.05) is 37.3 Å². The summed E-state index contributed by atoms with van der Waals surface area (Å²) in [5.41, 5.74) is 1.80. The third-order valence-corrected chi connectivity index (χ3v) is 3.94. The SMILES string of the molecule is CC(NC1C(=O)Nc2cccc(Br)c21)c1ccco1. The van der Waals surface area contributed by atoms with E-state index in [0.29, 0.717) is 0 Å². The molecule has 0 saturated carbocycles. The average Bonchev–Trinajstić information content (AvgIpc) is 2.99. The maximum atomic E-state index is 12.1. The molecule has 1 aromatic carbocycles. The van der Waals surface area contributed by atoms with Crippen molar-refractivity contribution in [3.8, 4) is 0 Å². The van der Waals surface area contributed by atoms with Crippen LogP contribution < -0.4 is 10.6 Å². The molecule has 0 fully saturated rings. The van der Waals surface area contributed by atoms with Crippen LogP contribution in [0.5, 0.6) is 0 Å². The number of amides is 1. The van der Waals surface area contributed by atoms with Crippen LogP contribution >= 0.6 is 15.9 Å². The summed E-state index contributed by atoms with van der Waals surface area (Å²) in [6.45, 7) is 1.97. The molecule has 1 aromatic heterocycles. The molecule has 0 bridgehead atoms. The van der Waals surface area contributed by atoms with Crippen molar-refractivity contribution in [3.63, 3.8) is 0 Å². The van der Waals surface area contributed by atoms with Gasteiger partial charge in [0.15, 0.2) is 0 Å². The molecule has 2 heterocycles. The summed E-state index contributed by atoms with van der Waals surface area (Å²) >= 11 is 3.50. The summed E-state index contributed by atoms with van der Waals surface area (Å²) in [5, 5.41) is 6.17. The zero-order valence-corrected chi connectivity index (χ0v) is 11.9. The van der Waals surface area contributed by atoms with E-state index in [2.05, 4.69) is 26.6 Å². The maximum Gasteiger partial charge on any atom is 0.246 e. The maximum absolute atomic E-state index is 12.1. The molecule has 1 amide bonds. The Balaban J connectivity index is 1.88. The first kappa shape index (κ1) is 12.4. The van der Waals surface area contributed by atoms with Crippen LogP contribution in [0.4, 0.5) is 5.69 Å². The summed E-state index contributed by atoms with van der Waals surface area (Å²) in [4.78, 5) is 12.1. The Morgan fingerprint density at radius 3 is 2.95 bits per heavy atom. The van der Waals surface area contributed by atoms with Crippen molar-refractivity contribution in [2.24, 2.45) is 0 Å². The molecule has 2 unspecified atom stereocenters. The van der Waals surface area contributed by atoms with Gasteiger partial charge in [-0.15, -0.1) is 0 Å². The van der Waals surface area contributed by atoms with Crippen LogP contribution in [-0.4, -0.2) is 5.91 Å². The summed E-state index contributed by atoms with van der Waals surface area (Å²) in [7, 11) is 0. The minimum atomic E-state index is -0.370. The predicted molar refractivity (Wildman–Crippen MR) is 75.8 cm³/mol. The van der Waals surface area contributed by atoms with Crippen molar-refractivity contribution in [3.05, 3.63) is 52.4 Å². The highest BCUT2D eigenvalue weighted by atomic mass is 79.9. The quantitative estimate of drug-likeness (QED) is 0.911. The number of anilines is 1. The molecule has 0 spiro atoms. The van der Waals surface area contributed by atoms with E-state index in [1.165, 1.54) is 0 Å². The van der Waals surface area contributed by atoms with Crippen molar-refractivity contribution in [1.82, 2.24) is 5.32 Å². The predicted octanol–water partition coefficient (Wildman–Crippen LogP) is 3.39. The number of carbonyl (C=O) groups excluding carboxylic acids is 1. The number of nitrogens with one attached hydrogen (secondary N) is 2. The second kappa shape index (κ2) is 4.83. The smallest absolute Gasteiger partial charge is 0.246 e. The van der Waals surface area contributed by atoms with E-state index < -0.39 is 0 Å². The second-order valence-electron chi connectivity index (χ2n) is 4.53. The summed E-state index contributed by atoms with van der Waals surface area (Å²) < 4.78 is 6.28. The van der Waals surface area contributed by atoms with E-state index in [0.717, 1.165) is 21.5 Å². The van der Waals surface area contributed by atoms with Gasteiger partial charge in [0.1, 0.15) is 11.8 Å². The molecule has 4 nitrogen and oxygen atoms in total. The number of hydrogen-bond donors (Lipinski definition) is 2. The zero-order chi connectivity index (χ0) is 13.4. The molecule has 0 aliphatic carbocycles. The van der Waals surface area contributed by atoms with E-state index >= 15 is 0 Å². The number of fused-ring (bicyclic) bond motifs is 1. The molecular formula is C14H13BrN2O2. The molecule has 5 heteroatoms. The largest absolute Gasteiger partial charge is 0.468 e. The minimum Gasteiger partial charge on any atom is -0.468 e. The molecule has 1 aliphatic rings. The molecule has 0 saturated heterocycles.